The van der Waals surface area contributed by atoms with E-state index in [2.05, 4.69) is 21.8 Å². The topological polar surface area (TPSA) is 60.2 Å². The third-order valence-electron chi connectivity index (χ3n) is 2.48. The molecule has 1 aromatic heterocycles. The first kappa shape index (κ1) is 14.4. The summed E-state index contributed by atoms with van der Waals surface area (Å²) in [6, 6.07) is 0. The zero-order chi connectivity index (χ0) is 13.5. The lowest BCUT2D eigenvalue weighted by Gasteiger charge is -2.09. The van der Waals surface area contributed by atoms with Gasteiger partial charge in [-0.1, -0.05) is 17.9 Å². The molecule has 1 rings (SSSR count). The highest BCUT2D eigenvalue weighted by molar-refractivity contribution is 5.88. The van der Waals surface area contributed by atoms with E-state index < -0.39 is 5.97 Å². The summed E-state index contributed by atoms with van der Waals surface area (Å²) in [5.41, 5.74) is 1.02. The van der Waals surface area contributed by atoms with E-state index in [-0.39, 0.29) is 12.3 Å². The van der Waals surface area contributed by atoms with Crippen LogP contribution in [0.3, 0.4) is 0 Å². The molecular formula is C12H20N4O2. The fourth-order valence-electron chi connectivity index (χ4n) is 1.50. The molecule has 0 atom stereocenters. The summed E-state index contributed by atoms with van der Waals surface area (Å²) >= 11 is 0. The number of carbonyl (C=O) groups excluding carboxylic acids is 1. The number of carbonyl (C=O) groups is 1. The minimum absolute atomic E-state index is 0.186. The highest BCUT2D eigenvalue weighted by Crippen LogP contribution is 2.06. The van der Waals surface area contributed by atoms with Gasteiger partial charge in [-0.05, 0) is 34.0 Å². The number of aryl methyl sites for hydroxylation is 1. The van der Waals surface area contributed by atoms with Crippen LogP contribution in [-0.2, 0) is 11.3 Å². The molecule has 1 aromatic rings. The average Bonchev–Trinajstić information content (AvgIpc) is 2.68. The van der Waals surface area contributed by atoms with E-state index >= 15 is 0 Å². The standard InChI is InChI=1S/C12H20N4O2/c1-5-9-18-12(17)11-10(2)16(14-13-11)8-6-7-15(3)4/h5H,1,6-9H2,2-4H3. The van der Waals surface area contributed by atoms with Crippen LogP contribution in [0.5, 0.6) is 0 Å². The molecule has 0 amide bonds. The highest BCUT2D eigenvalue weighted by Gasteiger charge is 2.17. The van der Waals surface area contributed by atoms with Crippen molar-refractivity contribution in [2.45, 2.75) is 19.9 Å². The Balaban J connectivity index is 2.59. The molecule has 0 aliphatic carbocycles. The van der Waals surface area contributed by atoms with Crippen molar-refractivity contribution in [3.63, 3.8) is 0 Å². The van der Waals surface area contributed by atoms with Gasteiger partial charge >= 0.3 is 5.97 Å². The average molecular weight is 252 g/mol. The second-order valence-corrected chi connectivity index (χ2v) is 4.29. The molecule has 0 aliphatic rings. The van der Waals surface area contributed by atoms with Crippen LogP contribution in [0.2, 0.25) is 0 Å². The highest BCUT2D eigenvalue weighted by atomic mass is 16.5. The lowest BCUT2D eigenvalue weighted by Crippen LogP contribution is -2.16. The first-order chi connectivity index (χ1) is 8.56. The summed E-state index contributed by atoms with van der Waals surface area (Å²) in [6.07, 6.45) is 2.48. The summed E-state index contributed by atoms with van der Waals surface area (Å²) in [7, 11) is 4.04. The van der Waals surface area contributed by atoms with Crippen molar-refractivity contribution in [3.8, 4) is 0 Å². The number of ether oxygens (including phenoxy) is 1. The van der Waals surface area contributed by atoms with Gasteiger partial charge in [-0.2, -0.15) is 0 Å². The van der Waals surface area contributed by atoms with Crippen molar-refractivity contribution in [3.05, 3.63) is 24.0 Å². The molecule has 0 radical (unpaired) electrons. The summed E-state index contributed by atoms with van der Waals surface area (Å²) in [6.45, 7) is 7.20. The van der Waals surface area contributed by atoms with Gasteiger partial charge < -0.3 is 9.64 Å². The van der Waals surface area contributed by atoms with Gasteiger partial charge in [-0.15, -0.1) is 5.10 Å². The fourth-order valence-corrected chi connectivity index (χ4v) is 1.50. The number of esters is 1. The Hall–Kier alpha value is -1.69. The minimum Gasteiger partial charge on any atom is -0.457 e. The molecule has 18 heavy (non-hydrogen) atoms. The number of aromatic nitrogens is 3. The number of nitrogens with zero attached hydrogens (tertiary/aromatic N) is 4. The van der Waals surface area contributed by atoms with E-state index in [4.69, 9.17) is 4.74 Å². The van der Waals surface area contributed by atoms with Gasteiger partial charge in [0.05, 0.1) is 5.69 Å². The third-order valence-corrected chi connectivity index (χ3v) is 2.48. The molecule has 6 heteroatoms. The van der Waals surface area contributed by atoms with E-state index in [1.54, 1.807) is 4.68 Å². The molecule has 0 unspecified atom stereocenters. The molecule has 0 aliphatic heterocycles. The summed E-state index contributed by atoms with van der Waals surface area (Å²) in [5.74, 6) is -0.453. The van der Waals surface area contributed by atoms with E-state index in [0.29, 0.717) is 0 Å². The Morgan fingerprint density at radius 3 is 2.89 bits per heavy atom. The van der Waals surface area contributed by atoms with Crippen LogP contribution in [0, 0.1) is 6.92 Å². The summed E-state index contributed by atoms with van der Waals surface area (Å²) < 4.78 is 6.66. The monoisotopic (exact) mass is 252 g/mol. The van der Waals surface area contributed by atoms with Crippen LogP contribution in [0.15, 0.2) is 12.7 Å². The molecule has 0 saturated heterocycles. The Morgan fingerprint density at radius 1 is 1.56 bits per heavy atom. The largest absolute Gasteiger partial charge is 0.457 e. The molecule has 0 aromatic carbocycles. The molecule has 1 heterocycles. The predicted octanol–water partition coefficient (Wildman–Crippen LogP) is 0.881. The van der Waals surface area contributed by atoms with E-state index in [1.165, 1.54) is 6.08 Å². The number of hydrogen-bond acceptors (Lipinski definition) is 5. The Kier molecular flexibility index (Phi) is 5.51. The molecule has 0 bridgehead atoms. The second-order valence-electron chi connectivity index (χ2n) is 4.29. The van der Waals surface area contributed by atoms with Crippen molar-refractivity contribution >= 4 is 5.97 Å². The second kappa shape index (κ2) is 6.90. The quantitative estimate of drug-likeness (QED) is 0.532. The first-order valence-corrected chi connectivity index (χ1v) is 5.89. The minimum atomic E-state index is -0.453. The molecule has 0 fully saturated rings. The molecule has 100 valence electrons. The van der Waals surface area contributed by atoms with Gasteiger partial charge in [-0.25, -0.2) is 9.48 Å². The summed E-state index contributed by atoms with van der Waals surface area (Å²) in [5, 5.41) is 7.82. The Labute approximate surface area is 107 Å². The van der Waals surface area contributed by atoms with Crippen LogP contribution in [0.4, 0.5) is 0 Å². The SMILES string of the molecule is C=CCOC(=O)c1nnn(CCCN(C)C)c1C. The maximum atomic E-state index is 11.6. The van der Waals surface area contributed by atoms with Gasteiger partial charge in [0.1, 0.15) is 6.61 Å². The van der Waals surface area contributed by atoms with Gasteiger partial charge in [0.25, 0.3) is 0 Å². The van der Waals surface area contributed by atoms with E-state index in [0.717, 1.165) is 25.2 Å². The van der Waals surface area contributed by atoms with Gasteiger partial charge in [0, 0.05) is 6.54 Å². The Bertz CT molecular complexity index is 412. The summed E-state index contributed by atoms with van der Waals surface area (Å²) in [4.78, 5) is 13.7. The smallest absolute Gasteiger partial charge is 0.361 e. The van der Waals surface area contributed by atoms with Crippen LogP contribution in [-0.4, -0.2) is 53.1 Å². The molecule has 0 saturated carbocycles. The van der Waals surface area contributed by atoms with Crippen LogP contribution < -0.4 is 0 Å². The maximum Gasteiger partial charge on any atom is 0.361 e. The van der Waals surface area contributed by atoms with E-state index in [1.807, 2.05) is 21.0 Å². The first-order valence-electron chi connectivity index (χ1n) is 5.89. The molecule has 6 nitrogen and oxygen atoms in total. The zero-order valence-corrected chi connectivity index (χ0v) is 11.2. The van der Waals surface area contributed by atoms with Crippen LogP contribution in [0.25, 0.3) is 0 Å². The van der Waals surface area contributed by atoms with Crippen molar-refractivity contribution in [1.82, 2.24) is 19.9 Å². The lowest BCUT2D eigenvalue weighted by atomic mass is 10.3. The zero-order valence-electron chi connectivity index (χ0n) is 11.2. The van der Waals surface area contributed by atoms with Crippen molar-refractivity contribution < 1.29 is 9.53 Å². The van der Waals surface area contributed by atoms with Crippen molar-refractivity contribution in [1.29, 1.82) is 0 Å². The fraction of sp³-hybridized carbons (Fsp3) is 0.583. The van der Waals surface area contributed by atoms with Crippen LogP contribution >= 0.6 is 0 Å². The normalized spacial score (nSPS) is 10.7. The molecule has 0 N–H and O–H groups in total. The maximum absolute atomic E-state index is 11.6. The van der Waals surface area contributed by atoms with Gasteiger partial charge in [-0.3, -0.25) is 0 Å². The Morgan fingerprint density at radius 2 is 2.28 bits per heavy atom. The molecule has 0 spiro atoms. The third kappa shape index (κ3) is 3.96. The number of rotatable bonds is 7. The van der Waals surface area contributed by atoms with E-state index in [9.17, 15) is 4.79 Å². The van der Waals surface area contributed by atoms with Gasteiger partial charge in [0.2, 0.25) is 0 Å². The number of hydrogen-bond donors (Lipinski definition) is 0. The van der Waals surface area contributed by atoms with Crippen LogP contribution in [0.1, 0.15) is 22.6 Å². The van der Waals surface area contributed by atoms with Gasteiger partial charge in [0.15, 0.2) is 5.69 Å². The lowest BCUT2D eigenvalue weighted by molar-refractivity contribution is 0.0542. The predicted molar refractivity (Wildman–Crippen MR) is 68.4 cm³/mol. The van der Waals surface area contributed by atoms with Crippen molar-refractivity contribution in [2.24, 2.45) is 0 Å². The van der Waals surface area contributed by atoms with Crippen molar-refractivity contribution in [2.75, 3.05) is 27.2 Å². The molecular weight excluding hydrogens is 232 g/mol.